The molecule has 0 fully saturated rings. The average Bonchev–Trinajstić information content (AvgIpc) is 2.93. The van der Waals surface area contributed by atoms with Gasteiger partial charge in [-0.25, -0.2) is 4.79 Å². The van der Waals surface area contributed by atoms with Gasteiger partial charge in [-0.05, 0) is 36.0 Å². The highest BCUT2D eigenvalue weighted by molar-refractivity contribution is 7.98. The van der Waals surface area contributed by atoms with Gasteiger partial charge in [0.05, 0.1) is 7.11 Å². The molecule has 0 aliphatic rings. The first-order chi connectivity index (χ1) is 9.17. The van der Waals surface area contributed by atoms with Crippen LogP contribution in [-0.4, -0.2) is 37.0 Å². The van der Waals surface area contributed by atoms with Crippen molar-refractivity contribution in [1.82, 2.24) is 5.32 Å². The summed E-state index contributed by atoms with van der Waals surface area (Å²) >= 11 is 3.17. The summed E-state index contributed by atoms with van der Waals surface area (Å²) in [5.41, 5.74) is 0. The Morgan fingerprint density at radius 2 is 2.37 bits per heavy atom. The number of thiophene rings is 1. The Hall–Kier alpha value is -1.27. The van der Waals surface area contributed by atoms with Gasteiger partial charge in [0.15, 0.2) is 0 Å². The lowest BCUT2D eigenvalue weighted by Crippen LogP contribution is -2.41. The van der Waals surface area contributed by atoms with Crippen LogP contribution in [0.25, 0.3) is 6.08 Å². The van der Waals surface area contributed by atoms with Crippen molar-refractivity contribution in [1.29, 1.82) is 0 Å². The van der Waals surface area contributed by atoms with Gasteiger partial charge in [0.1, 0.15) is 6.04 Å². The molecule has 1 aromatic rings. The minimum absolute atomic E-state index is 0.287. The summed E-state index contributed by atoms with van der Waals surface area (Å²) in [6.07, 6.45) is 5.67. The second kappa shape index (κ2) is 8.77. The Balaban J connectivity index is 2.52. The summed E-state index contributed by atoms with van der Waals surface area (Å²) in [5.74, 6) is 0.0890. The largest absolute Gasteiger partial charge is 0.467 e. The number of hydrogen-bond acceptors (Lipinski definition) is 5. The van der Waals surface area contributed by atoms with E-state index in [0.717, 1.165) is 10.6 Å². The van der Waals surface area contributed by atoms with Crippen LogP contribution in [0.1, 0.15) is 11.3 Å². The summed E-state index contributed by atoms with van der Waals surface area (Å²) in [4.78, 5) is 24.2. The van der Waals surface area contributed by atoms with Crippen LogP contribution in [0.3, 0.4) is 0 Å². The highest BCUT2D eigenvalue weighted by Crippen LogP contribution is 2.10. The van der Waals surface area contributed by atoms with E-state index >= 15 is 0 Å². The number of carbonyl (C=O) groups is 2. The number of thioether (sulfide) groups is 1. The molecule has 0 aliphatic heterocycles. The number of carbonyl (C=O) groups excluding carboxylic acids is 2. The van der Waals surface area contributed by atoms with Gasteiger partial charge >= 0.3 is 5.97 Å². The van der Waals surface area contributed by atoms with Crippen LogP contribution in [0.4, 0.5) is 0 Å². The topological polar surface area (TPSA) is 55.4 Å². The van der Waals surface area contributed by atoms with E-state index in [-0.39, 0.29) is 5.91 Å². The molecule has 0 bridgehead atoms. The van der Waals surface area contributed by atoms with Crippen molar-refractivity contribution in [2.24, 2.45) is 0 Å². The summed E-state index contributed by atoms with van der Waals surface area (Å²) in [5, 5.41) is 4.59. The first-order valence-electron chi connectivity index (χ1n) is 5.76. The number of nitrogens with one attached hydrogen (secondary N) is 1. The van der Waals surface area contributed by atoms with Gasteiger partial charge in [-0.15, -0.1) is 11.3 Å². The van der Waals surface area contributed by atoms with E-state index in [1.807, 2.05) is 23.8 Å². The molecule has 0 unspecified atom stereocenters. The first kappa shape index (κ1) is 15.8. The third-order valence-electron chi connectivity index (χ3n) is 2.35. The first-order valence-corrected chi connectivity index (χ1v) is 8.03. The second-order valence-electron chi connectivity index (χ2n) is 3.71. The third-order valence-corrected chi connectivity index (χ3v) is 3.84. The lowest BCUT2D eigenvalue weighted by molar-refractivity contribution is -0.144. The molecule has 4 nitrogen and oxygen atoms in total. The van der Waals surface area contributed by atoms with E-state index in [1.165, 1.54) is 13.2 Å². The zero-order chi connectivity index (χ0) is 14.1. The minimum atomic E-state index is -0.585. The smallest absolute Gasteiger partial charge is 0.328 e. The fraction of sp³-hybridized carbons (Fsp3) is 0.385. The molecule has 0 aliphatic carbocycles. The molecule has 1 N–H and O–H groups in total. The molecule has 1 heterocycles. The lowest BCUT2D eigenvalue weighted by Gasteiger charge is -2.14. The monoisotopic (exact) mass is 299 g/mol. The molecule has 104 valence electrons. The van der Waals surface area contributed by atoms with Gasteiger partial charge < -0.3 is 10.1 Å². The average molecular weight is 299 g/mol. The molecule has 1 amide bonds. The molecular weight excluding hydrogens is 282 g/mol. The molecule has 19 heavy (non-hydrogen) atoms. The Kier molecular flexibility index (Phi) is 7.28. The van der Waals surface area contributed by atoms with E-state index in [9.17, 15) is 9.59 Å². The Bertz CT molecular complexity index is 429. The maximum absolute atomic E-state index is 11.7. The summed E-state index contributed by atoms with van der Waals surface area (Å²) in [7, 11) is 1.32. The van der Waals surface area contributed by atoms with Crippen molar-refractivity contribution in [3.05, 3.63) is 28.5 Å². The maximum Gasteiger partial charge on any atom is 0.328 e. The lowest BCUT2D eigenvalue weighted by atomic mass is 10.2. The van der Waals surface area contributed by atoms with Crippen molar-refractivity contribution < 1.29 is 14.3 Å². The van der Waals surface area contributed by atoms with Crippen LogP contribution >= 0.6 is 23.1 Å². The molecule has 1 rings (SSSR count). The highest BCUT2D eigenvalue weighted by atomic mass is 32.2. The molecule has 0 saturated heterocycles. The van der Waals surface area contributed by atoms with Crippen molar-refractivity contribution in [2.45, 2.75) is 12.5 Å². The molecule has 0 saturated carbocycles. The van der Waals surface area contributed by atoms with Crippen molar-refractivity contribution >= 4 is 41.1 Å². The standard InChI is InChI=1S/C13H17NO3S2/c1-17-13(16)11(7-9-18-2)14-12(15)6-5-10-4-3-8-19-10/h3-6,8,11H,7,9H2,1-2H3,(H,14,15)/b6-5+/t11-/m1/s1. The Labute approximate surface area is 121 Å². The number of rotatable bonds is 7. The molecule has 1 aromatic heterocycles. The van der Waals surface area contributed by atoms with E-state index < -0.39 is 12.0 Å². The van der Waals surface area contributed by atoms with E-state index in [4.69, 9.17) is 0 Å². The van der Waals surface area contributed by atoms with Gasteiger partial charge in [0.2, 0.25) is 5.91 Å². The predicted octanol–water partition coefficient (Wildman–Crippen LogP) is 2.17. The van der Waals surface area contributed by atoms with E-state index in [1.54, 1.807) is 29.2 Å². The fourth-order valence-corrected chi connectivity index (χ4v) is 2.48. The van der Waals surface area contributed by atoms with Gasteiger partial charge in [0, 0.05) is 11.0 Å². The number of amides is 1. The molecule has 0 spiro atoms. The van der Waals surface area contributed by atoms with Crippen LogP contribution in [-0.2, 0) is 14.3 Å². The summed E-state index contributed by atoms with van der Waals surface area (Å²) in [6.45, 7) is 0. The SMILES string of the molecule is COC(=O)[C@@H](CCSC)NC(=O)/C=C/c1cccs1. The Morgan fingerprint density at radius 3 is 2.95 bits per heavy atom. The van der Waals surface area contributed by atoms with E-state index in [0.29, 0.717) is 6.42 Å². The quantitative estimate of drug-likeness (QED) is 0.619. The molecule has 6 heteroatoms. The molecule has 1 atom stereocenters. The van der Waals surface area contributed by atoms with Gasteiger partial charge in [-0.1, -0.05) is 6.07 Å². The fourth-order valence-electron chi connectivity index (χ4n) is 1.39. The van der Waals surface area contributed by atoms with Crippen LogP contribution < -0.4 is 5.32 Å². The van der Waals surface area contributed by atoms with Crippen LogP contribution in [0.5, 0.6) is 0 Å². The maximum atomic E-state index is 11.7. The normalized spacial score (nSPS) is 12.3. The van der Waals surface area contributed by atoms with E-state index in [2.05, 4.69) is 10.1 Å². The third kappa shape index (κ3) is 5.94. The highest BCUT2D eigenvalue weighted by Gasteiger charge is 2.19. The summed E-state index contributed by atoms with van der Waals surface area (Å²) in [6, 6.07) is 3.25. The minimum Gasteiger partial charge on any atom is -0.467 e. The number of esters is 1. The van der Waals surface area contributed by atoms with Crippen molar-refractivity contribution in [2.75, 3.05) is 19.1 Å². The molecule has 0 radical (unpaired) electrons. The van der Waals surface area contributed by atoms with Gasteiger partial charge in [-0.2, -0.15) is 11.8 Å². The number of methoxy groups -OCH3 is 1. The molecular formula is C13H17NO3S2. The second-order valence-corrected chi connectivity index (χ2v) is 5.68. The molecule has 0 aromatic carbocycles. The van der Waals surface area contributed by atoms with Gasteiger partial charge in [0.25, 0.3) is 0 Å². The van der Waals surface area contributed by atoms with Crippen LogP contribution in [0.2, 0.25) is 0 Å². The number of hydrogen-bond donors (Lipinski definition) is 1. The summed E-state index contributed by atoms with van der Waals surface area (Å²) < 4.78 is 4.68. The van der Waals surface area contributed by atoms with Crippen LogP contribution in [0, 0.1) is 0 Å². The van der Waals surface area contributed by atoms with Crippen molar-refractivity contribution in [3.63, 3.8) is 0 Å². The number of ether oxygens (including phenoxy) is 1. The van der Waals surface area contributed by atoms with Gasteiger partial charge in [-0.3, -0.25) is 4.79 Å². The predicted molar refractivity (Wildman–Crippen MR) is 80.3 cm³/mol. The zero-order valence-corrected chi connectivity index (χ0v) is 12.6. The zero-order valence-electron chi connectivity index (χ0n) is 10.9. The Morgan fingerprint density at radius 1 is 1.58 bits per heavy atom. The van der Waals surface area contributed by atoms with Crippen LogP contribution in [0.15, 0.2) is 23.6 Å². The van der Waals surface area contributed by atoms with Crippen molar-refractivity contribution in [3.8, 4) is 0 Å².